The molecule has 0 N–H and O–H groups in total. The van der Waals surface area contributed by atoms with Crippen molar-refractivity contribution < 1.29 is 4.79 Å². The Bertz CT molecular complexity index is 423. The number of hydrogen-bond donors (Lipinski definition) is 0. The molecule has 0 radical (unpaired) electrons. The summed E-state index contributed by atoms with van der Waals surface area (Å²) in [5, 5.41) is 3.93. The molecule has 14 heavy (non-hydrogen) atoms. The minimum atomic E-state index is 0.146. The highest BCUT2D eigenvalue weighted by molar-refractivity contribution is 7.13. The molecule has 72 valence electrons. The molecule has 0 atom stereocenters. The summed E-state index contributed by atoms with van der Waals surface area (Å²) in [5.41, 5.74) is 1.97. The first-order valence-corrected chi connectivity index (χ1v) is 6.08. The highest BCUT2D eigenvalue weighted by Gasteiger charge is 2.11. The van der Waals surface area contributed by atoms with E-state index >= 15 is 0 Å². The lowest BCUT2D eigenvalue weighted by Gasteiger charge is -1.91. The maximum absolute atomic E-state index is 11.9. The van der Waals surface area contributed by atoms with Crippen molar-refractivity contribution >= 4 is 28.5 Å². The Balaban J connectivity index is 2.33. The minimum absolute atomic E-state index is 0.146. The predicted molar refractivity (Wildman–Crippen MR) is 61.5 cm³/mol. The number of hydrogen-bond acceptors (Lipinski definition) is 3. The zero-order chi connectivity index (χ0) is 10.1. The van der Waals surface area contributed by atoms with Crippen molar-refractivity contribution in [2.45, 2.75) is 13.8 Å². The van der Waals surface area contributed by atoms with Gasteiger partial charge in [-0.1, -0.05) is 0 Å². The van der Waals surface area contributed by atoms with Gasteiger partial charge >= 0.3 is 0 Å². The smallest absolute Gasteiger partial charge is 0.203 e. The number of carbonyl (C=O) groups is 1. The second-order valence-corrected chi connectivity index (χ2v) is 5.29. The fraction of sp³-hybridized carbons (Fsp3) is 0.182. The Morgan fingerprint density at radius 1 is 1.14 bits per heavy atom. The van der Waals surface area contributed by atoms with Crippen LogP contribution >= 0.6 is 22.7 Å². The Labute approximate surface area is 91.0 Å². The fourth-order valence-electron chi connectivity index (χ4n) is 1.26. The van der Waals surface area contributed by atoms with Gasteiger partial charge in [0.1, 0.15) is 0 Å². The average molecular weight is 222 g/mol. The molecule has 0 spiro atoms. The van der Waals surface area contributed by atoms with Gasteiger partial charge in [0.05, 0.1) is 4.88 Å². The molecule has 1 nitrogen and oxygen atoms in total. The summed E-state index contributed by atoms with van der Waals surface area (Å²) in [4.78, 5) is 13.9. The number of rotatable bonds is 2. The van der Waals surface area contributed by atoms with Gasteiger partial charge in [0.25, 0.3) is 0 Å². The van der Waals surface area contributed by atoms with Crippen LogP contribution in [0.1, 0.15) is 25.7 Å². The summed E-state index contributed by atoms with van der Waals surface area (Å²) < 4.78 is 0. The molecular formula is C11H10OS2. The molecule has 2 aromatic rings. The van der Waals surface area contributed by atoms with Gasteiger partial charge in [0, 0.05) is 15.8 Å². The summed E-state index contributed by atoms with van der Waals surface area (Å²) in [5.74, 6) is 0.146. The van der Waals surface area contributed by atoms with E-state index in [-0.39, 0.29) is 5.78 Å². The van der Waals surface area contributed by atoms with Gasteiger partial charge < -0.3 is 0 Å². The number of aryl methyl sites for hydroxylation is 2. The van der Waals surface area contributed by atoms with Crippen LogP contribution in [-0.2, 0) is 0 Å². The molecule has 0 fully saturated rings. The van der Waals surface area contributed by atoms with Crippen LogP contribution < -0.4 is 0 Å². The number of ketones is 1. The summed E-state index contributed by atoms with van der Waals surface area (Å²) in [7, 11) is 0. The summed E-state index contributed by atoms with van der Waals surface area (Å²) in [6.07, 6.45) is 0. The van der Waals surface area contributed by atoms with Crippen molar-refractivity contribution in [3.63, 3.8) is 0 Å². The molecular weight excluding hydrogens is 212 g/mol. The minimum Gasteiger partial charge on any atom is -0.288 e. The van der Waals surface area contributed by atoms with Crippen molar-refractivity contribution in [1.29, 1.82) is 0 Å². The van der Waals surface area contributed by atoms with Gasteiger partial charge in [0.2, 0.25) is 5.78 Å². The normalized spacial score (nSPS) is 10.4. The molecule has 0 aliphatic carbocycles. The molecule has 0 amide bonds. The molecule has 0 saturated carbocycles. The monoisotopic (exact) mass is 222 g/mol. The summed E-state index contributed by atoms with van der Waals surface area (Å²) in [6, 6.07) is 3.89. The van der Waals surface area contributed by atoms with Gasteiger partial charge in [-0.2, -0.15) is 0 Å². The van der Waals surface area contributed by atoms with Crippen LogP contribution in [-0.4, -0.2) is 5.78 Å². The van der Waals surface area contributed by atoms with E-state index in [2.05, 4.69) is 0 Å². The zero-order valence-corrected chi connectivity index (χ0v) is 9.67. The van der Waals surface area contributed by atoms with E-state index < -0.39 is 0 Å². The molecule has 0 bridgehead atoms. The van der Waals surface area contributed by atoms with Gasteiger partial charge in [-0.05, 0) is 36.9 Å². The van der Waals surface area contributed by atoms with E-state index in [4.69, 9.17) is 0 Å². The van der Waals surface area contributed by atoms with Crippen molar-refractivity contribution in [3.8, 4) is 0 Å². The molecule has 0 aromatic carbocycles. The largest absolute Gasteiger partial charge is 0.288 e. The molecule has 2 rings (SSSR count). The summed E-state index contributed by atoms with van der Waals surface area (Å²) in [6.45, 7) is 4.02. The van der Waals surface area contributed by atoms with E-state index in [1.165, 1.54) is 16.2 Å². The van der Waals surface area contributed by atoms with Crippen LogP contribution in [0.15, 0.2) is 22.9 Å². The van der Waals surface area contributed by atoms with Crippen LogP contribution in [0.4, 0.5) is 0 Å². The molecule has 0 unspecified atom stereocenters. The third-order valence-corrected chi connectivity index (χ3v) is 3.86. The highest BCUT2D eigenvalue weighted by atomic mass is 32.1. The van der Waals surface area contributed by atoms with E-state index in [0.29, 0.717) is 0 Å². The lowest BCUT2D eigenvalue weighted by atomic mass is 10.2. The van der Waals surface area contributed by atoms with Gasteiger partial charge in [-0.3, -0.25) is 4.79 Å². The average Bonchev–Trinajstić information content (AvgIpc) is 2.73. The molecule has 2 heterocycles. The van der Waals surface area contributed by atoms with Gasteiger partial charge in [0.15, 0.2) is 0 Å². The van der Waals surface area contributed by atoms with Crippen LogP contribution in [0.25, 0.3) is 0 Å². The van der Waals surface area contributed by atoms with E-state index in [9.17, 15) is 4.79 Å². The topological polar surface area (TPSA) is 17.1 Å². The third kappa shape index (κ3) is 1.79. The lowest BCUT2D eigenvalue weighted by Crippen LogP contribution is -1.95. The molecule has 0 aliphatic heterocycles. The first kappa shape index (κ1) is 9.62. The zero-order valence-electron chi connectivity index (χ0n) is 8.03. The Morgan fingerprint density at radius 3 is 2.43 bits per heavy atom. The molecule has 0 aliphatic rings. The Hall–Kier alpha value is -0.930. The van der Waals surface area contributed by atoms with Gasteiger partial charge in [-0.15, -0.1) is 22.7 Å². The van der Waals surface area contributed by atoms with Crippen LogP contribution in [0.3, 0.4) is 0 Å². The summed E-state index contributed by atoms with van der Waals surface area (Å²) >= 11 is 3.13. The fourth-order valence-corrected chi connectivity index (χ4v) is 2.80. The van der Waals surface area contributed by atoms with Gasteiger partial charge in [-0.25, -0.2) is 0 Å². The first-order valence-electron chi connectivity index (χ1n) is 4.32. The standard InChI is InChI=1S/C11H10OS2/c1-7-3-10(14-5-7)11(12)9-4-8(2)13-6-9/h3-6H,1-2H3. The van der Waals surface area contributed by atoms with E-state index in [0.717, 1.165) is 16.0 Å². The molecule has 3 heteroatoms. The van der Waals surface area contributed by atoms with Crippen molar-refractivity contribution in [2.24, 2.45) is 0 Å². The van der Waals surface area contributed by atoms with Crippen LogP contribution in [0.2, 0.25) is 0 Å². The number of thiophene rings is 2. The lowest BCUT2D eigenvalue weighted by molar-refractivity contribution is 0.104. The Morgan fingerprint density at radius 2 is 1.93 bits per heavy atom. The van der Waals surface area contributed by atoms with Crippen molar-refractivity contribution in [2.75, 3.05) is 0 Å². The molecule has 2 aromatic heterocycles. The third-order valence-electron chi connectivity index (χ3n) is 1.95. The quantitative estimate of drug-likeness (QED) is 0.709. The van der Waals surface area contributed by atoms with Crippen molar-refractivity contribution in [3.05, 3.63) is 43.8 Å². The Kier molecular flexibility index (Phi) is 2.52. The SMILES string of the molecule is Cc1csc(C(=O)c2csc(C)c2)c1. The number of carbonyl (C=O) groups excluding carboxylic acids is 1. The van der Waals surface area contributed by atoms with Crippen LogP contribution in [0.5, 0.6) is 0 Å². The highest BCUT2D eigenvalue weighted by Crippen LogP contribution is 2.21. The van der Waals surface area contributed by atoms with Crippen LogP contribution in [0, 0.1) is 13.8 Å². The molecule has 0 saturated heterocycles. The van der Waals surface area contributed by atoms with E-state index in [1.54, 1.807) is 11.3 Å². The van der Waals surface area contributed by atoms with E-state index in [1.807, 2.05) is 36.7 Å². The maximum atomic E-state index is 11.9. The second-order valence-electron chi connectivity index (χ2n) is 3.26. The predicted octanol–water partition coefficient (Wildman–Crippen LogP) is 3.66. The second kappa shape index (κ2) is 3.67. The van der Waals surface area contributed by atoms with Crippen molar-refractivity contribution in [1.82, 2.24) is 0 Å². The first-order chi connectivity index (χ1) is 6.66. The maximum Gasteiger partial charge on any atom is 0.203 e.